The van der Waals surface area contributed by atoms with E-state index in [0.717, 1.165) is 66.4 Å². The second-order valence-electron chi connectivity index (χ2n) is 8.37. The summed E-state index contributed by atoms with van der Waals surface area (Å²) in [4.78, 5) is 18.8. The van der Waals surface area contributed by atoms with Crippen molar-refractivity contribution in [3.05, 3.63) is 71.7 Å². The number of amides is 1. The van der Waals surface area contributed by atoms with Crippen LogP contribution in [0.15, 0.2) is 54.6 Å². The molecule has 33 heavy (non-hydrogen) atoms. The van der Waals surface area contributed by atoms with Crippen LogP contribution in [0.2, 0.25) is 0 Å². The molecule has 0 bridgehead atoms. The van der Waals surface area contributed by atoms with Crippen molar-refractivity contribution < 1.29 is 14.4 Å². The Labute approximate surface area is 193 Å². The van der Waals surface area contributed by atoms with E-state index in [9.17, 15) is 9.18 Å². The Bertz CT molecular complexity index is 1150. The first-order valence-electron chi connectivity index (χ1n) is 11.3. The number of rotatable bonds is 6. The fraction of sp³-hybridized carbons (Fsp3) is 0.308. The number of carbonyl (C=O) groups excluding carboxylic acids is 1. The van der Waals surface area contributed by atoms with Crippen LogP contribution in [0.25, 0.3) is 28.7 Å². The number of piperidine rings is 1. The number of halogens is 1. The maximum Gasteiger partial charge on any atom is 0.267 e. The lowest BCUT2D eigenvalue weighted by Crippen LogP contribution is -2.36. The SMILES string of the molecule is CCN1CCCC(n2c(-c3cccc(/C=C/C(=O)NO)c3)nc(C)c2-c2ccc(F)cc2)C1. The van der Waals surface area contributed by atoms with Gasteiger partial charge in [0.2, 0.25) is 0 Å². The van der Waals surface area contributed by atoms with Crippen molar-refractivity contribution in [2.45, 2.75) is 32.7 Å². The molecule has 2 heterocycles. The van der Waals surface area contributed by atoms with Crippen molar-refractivity contribution in [2.75, 3.05) is 19.6 Å². The fourth-order valence-electron chi connectivity index (χ4n) is 4.58. The van der Waals surface area contributed by atoms with Gasteiger partial charge in [-0.3, -0.25) is 10.0 Å². The summed E-state index contributed by atoms with van der Waals surface area (Å²) in [5.41, 5.74) is 6.21. The Morgan fingerprint density at radius 3 is 2.76 bits per heavy atom. The number of aryl methyl sites for hydroxylation is 1. The molecule has 7 heteroatoms. The van der Waals surface area contributed by atoms with Crippen molar-refractivity contribution in [1.82, 2.24) is 19.9 Å². The molecule has 1 saturated heterocycles. The summed E-state index contributed by atoms with van der Waals surface area (Å²) in [6.07, 6.45) is 5.08. The van der Waals surface area contributed by atoms with Crippen LogP contribution in [0.3, 0.4) is 0 Å². The largest absolute Gasteiger partial charge is 0.319 e. The molecular formula is C26H29FN4O2. The number of hydrogen-bond donors (Lipinski definition) is 2. The van der Waals surface area contributed by atoms with E-state index in [4.69, 9.17) is 10.2 Å². The van der Waals surface area contributed by atoms with Crippen LogP contribution < -0.4 is 5.48 Å². The number of aromatic nitrogens is 2. The van der Waals surface area contributed by atoms with E-state index in [1.165, 1.54) is 18.2 Å². The highest BCUT2D eigenvalue weighted by atomic mass is 19.1. The summed E-state index contributed by atoms with van der Waals surface area (Å²) >= 11 is 0. The topological polar surface area (TPSA) is 70.4 Å². The maximum absolute atomic E-state index is 13.6. The number of hydroxylamine groups is 1. The zero-order chi connectivity index (χ0) is 23.4. The Balaban J connectivity index is 1.83. The normalized spacial score (nSPS) is 16.9. The molecule has 0 aliphatic carbocycles. The molecule has 0 saturated carbocycles. The predicted molar refractivity (Wildman–Crippen MR) is 127 cm³/mol. The monoisotopic (exact) mass is 448 g/mol. The van der Waals surface area contributed by atoms with Crippen LogP contribution in [0.5, 0.6) is 0 Å². The molecule has 2 N–H and O–H groups in total. The molecule has 1 atom stereocenters. The summed E-state index contributed by atoms with van der Waals surface area (Å²) in [7, 11) is 0. The summed E-state index contributed by atoms with van der Waals surface area (Å²) in [5, 5.41) is 8.73. The number of carbonyl (C=O) groups is 1. The average molecular weight is 449 g/mol. The van der Waals surface area contributed by atoms with Gasteiger partial charge in [0.1, 0.15) is 11.6 Å². The highest BCUT2D eigenvalue weighted by molar-refractivity contribution is 5.91. The first-order valence-corrected chi connectivity index (χ1v) is 11.3. The molecule has 4 rings (SSSR count). The molecule has 1 aliphatic rings. The van der Waals surface area contributed by atoms with Crippen molar-refractivity contribution in [3.8, 4) is 22.6 Å². The van der Waals surface area contributed by atoms with Crippen LogP contribution in [0, 0.1) is 12.7 Å². The number of imidazole rings is 1. The Morgan fingerprint density at radius 1 is 1.24 bits per heavy atom. The predicted octanol–water partition coefficient (Wildman–Crippen LogP) is 4.84. The molecule has 1 unspecified atom stereocenters. The third-order valence-electron chi connectivity index (χ3n) is 6.18. The standard InChI is InChI=1S/C26H29FN4O2/c1-3-30-15-5-8-23(17-30)31-25(20-10-12-22(27)13-11-20)18(2)28-26(31)21-7-4-6-19(16-21)9-14-24(32)29-33/h4,6-7,9-14,16,23,33H,3,5,8,15,17H2,1-2H3,(H,29,32)/b14-9+. The van der Waals surface area contributed by atoms with Gasteiger partial charge in [-0.25, -0.2) is 14.9 Å². The van der Waals surface area contributed by atoms with Gasteiger partial charge in [0, 0.05) is 29.8 Å². The molecule has 1 aromatic heterocycles. The number of hydrogen-bond acceptors (Lipinski definition) is 4. The number of likely N-dealkylation sites (N-methyl/N-ethyl adjacent to an activating group) is 1. The van der Waals surface area contributed by atoms with E-state index in [0.29, 0.717) is 0 Å². The van der Waals surface area contributed by atoms with E-state index in [-0.39, 0.29) is 11.9 Å². The fourth-order valence-corrected chi connectivity index (χ4v) is 4.58. The maximum atomic E-state index is 13.6. The lowest BCUT2D eigenvalue weighted by Gasteiger charge is -2.34. The number of likely N-dealkylation sites (tertiary alicyclic amines) is 1. The van der Waals surface area contributed by atoms with Crippen LogP contribution in [0.1, 0.15) is 37.1 Å². The van der Waals surface area contributed by atoms with E-state index in [2.05, 4.69) is 16.4 Å². The van der Waals surface area contributed by atoms with Gasteiger partial charge in [-0.2, -0.15) is 0 Å². The van der Waals surface area contributed by atoms with Gasteiger partial charge in [0.25, 0.3) is 5.91 Å². The minimum Gasteiger partial charge on any atom is -0.319 e. The molecule has 3 aromatic rings. The lowest BCUT2D eigenvalue weighted by atomic mass is 10.0. The first-order chi connectivity index (χ1) is 16.0. The zero-order valence-corrected chi connectivity index (χ0v) is 19.0. The number of nitrogens with one attached hydrogen (secondary N) is 1. The van der Waals surface area contributed by atoms with E-state index >= 15 is 0 Å². The highest BCUT2D eigenvalue weighted by Crippen LogP contribution is 2.36. The van der Waals surface area contributed by atoms with Crippen molar-refractivity contribution >= 4 is 12.0 Å². The van der Waals surface area contributed by atoms with Gasteiger partial charge in [-0.1, -0.05) is 25.1 Å². The molecule has 1 amide bonds. The Kier molecular flexibility index (Phi) is 7.01. The van der Waals surface area contributed by atoms with E-state index < -0.39 is 5.91 Å². The zero-order valence-electron chi connectivity index (χ0n) is 19.0. The second kappa shape index (κ2) is 10.1. The molecular weight excluding hydrogens is 419 g/mol. The molecule has 6 nitrogen and oxygen atoms in total. The number of nitrogens with zero attached hydrogens (tertiary/aromatic N) is 3. The third kappa shape index (κ3) is 5.05. The van der Waals surface area contributed by atoms with Gasteiger partial charge in [-0.05, 0) is 74.8 Å². The van der Waals surface area contributed by atoms with Gasteiger partial charge in [0.05, 0.1) is 11.4 Å². The van der Waals surface area contributed by atoms with Crippen molar-refractivity contribution in [2.24, 2.45) is 0 Å². The van der Waals surface area contributed by atoms with E-state index in [1.807, 2.05) is 43.3 Å². The molecule has 0 radical (unpaired) electrons. The van der Waals surface area contributed by atoms with Gasteiger partial charge >= 0.3 is 0 Å². The highest BCUT2D eigenvalue weighted by Gasteiger charge is 2.27. The Morgan fingerprint density at radius 2 is 2.03 bits per heavy atom. The molecule has 2 aromatic carbocycles. The van der Waals surface area contributed by atoms with Gasteiger partial charge in [0.15, 0.2) is 0 Å². The number of benzene rings is 2. The van der Waals surface area contributed by atoms with Gasteiger partial charge < -0.3 is 9.47 Å². The molecule has 0 spiro atoms. The van der Waals surface area contributed by atoms with Crippen molar-refractivity contribution in [1.29, 1.82) is 0 Å². The third-order valence-corrected chi connectivity index (χ3v) is 6.18. The molecule has 1 aliphatic heterocycles. The minimum atomic E-state index is -0.585. The second-order valence-corrected chi connectivity index (χ2v) is 8.37. The van der Waals surface area contributed by atoms with Gasteiger partial charge in [-0.15, -0.1) is 0 Å². The Hall–Kier alpha value is -3.29. The summed E-state index contributed by atoms with van der Waals surface area (Å²) in [5.74, 6) is 0.0127. The minimum absolute atomic E-state index is 0.245. The van der Waals surface area contributed by atoms with Crippen LogP contribution >= 0.6 is 0 Å². The lowest BCUT2D eigenvalue weighted by molar-refractivity contribution is -0.124. The molecule has 1 fully saturated rings. The summed E-state index contributed by atoms with van der Waals surface area (Å²) in [6.45, 7) is 7.20. The van der Waals surface area contributed by atoms with Crippen LogP contribution in [-0.2, 0) is 4.79 Å². The first kappa shape index (κ1) is 22.9. The summed E-state index contributed by atoms with van der Waals surface area (Å²) in [6, 6.07) is 14.7. The average Bonchev–Trinajstić information content (AvgIpc) is 3.20. The quantitative estimate of drug-likeness (QED) is 0.322. The van der Waals surface area contributed by atoms with Crippen molar-refractivity contribution in [3.63, 3.8) is 0 Å². The van der Waals surface area contributed by atoms with Crippen LogP contribution in [-0.4, -0.2) is 45.2 Å². The summed E-state index contributed by atoms with van der Waals surface area (Å²) < 4.78 is 16.0. The van der Waals surface area contributed by atoms with E-state index in [1.54, 1.807) is 11.6 Å². The van der Waals surface area contributed by atoms with Crippen LogP contribution in [0.4, 0.5) is 4.39 Å². The smallest absolute Gasteiger partial charge is 0.267 e. The molecule has 172 valence electrons.